The van der Waals surface area contributed by atoms with E-state index in [-0.39, 0.29) is 21.9 Å². The molecule has 2 aromatic rings. The molecule has 1 N–H and O–H groups in total. The number of methoxy groups -OCH3 is 1. The number of hydrogen-bond donors (Lipinski definition) is 1. The maximum atomic E-state index is 12.6. The van der Waals surface area contributed by atoms with Crippen LogP contribution in [0, 0.1) is 18.3 Å². The Hall–Kier alpha value is -2.04. The van der Waals surface area contributed by atoms with Gasteiger partial charge in [0.25, 0.3) is 10.0 Å². The van der Waals surface area contributed by atoms with Crippen LogP contribution in [0.25, 0.3) is 0 Å². The average molecular weight is 381 g/mol. The summed E-state index contributed by atoms with van der Waals surface area (Å²) in [6.45, 7) is 1.82. The fourth-order valence-electron chi connectivity index (χ4n) is 1.90. The highest BCUT2D eigenvalue weighted by atomic mass is 79.9. The topological polar surface area (TPSA) is 79.2 Å². The fourth-order valence-corrected chi connectivity index (χ4v) is 3.68. The van der Waals surface area contributed by atoms with Crippen LogP contribution in [-0.4, -0.2) is 15.5 Å². The lowest BCUT2D eigenvalue weighted by Gasteiger charge is -2.13. The quantitative estimate of drug-likeness (QED) is 0.880. The normalized spacial score (nSPS) is 10.8. The molecule has 0 aromatic heterocycles. The Morgan fingerprint density at radius 2 is 1.95 bits per heavy atom. The molecule has 7 heteroatoms. The highest BCUT2D eigenvalue weighted by Crippen LogP contribution is 2.29. The largest absolute Gasteiger partial charge is 0.495 e. The molecular formula is C15H13BrN2O3S. The van der Waals surface area contributed by atoms with E-state index in [1.165, 1.54) is 13.2 Å². The van der Waals surface area contributed by atoms with Gasteiger partial charge in [-0.3, -0.25) is 4.72 Å². The summed E-state index contributed by atoms with van der Waals surface area (Å²) in [7, 11) is -2.49. The van der Waals surface area contributed by atoms with Crippen LogP contribution in [-0.2, 0) is 10.0 Å². The summed E-state index contributed by atoms with van der Waals surface area (Å²) in [4.78, 5) is -0.00484. The van der Waals surface area contributed by atoms with Crippen LogP contribution in [0.4, 0.5) is 5.69 Å². The van der Waals surface area contributed by atoms with Gasteiger partial charge in [-0.1, -0.05) is 22.0 Å². The zero-order chi connectivity index (χ0) is 16.3. The maximum absolute atomic E-state index is 12.6. The molecule has 0 atom stereocenters. The number of nitrogens with one attached hydrogen (secondary N) is 1. The molecule has 0 aliphatic rings. The van der Waals surface area contributed by atoms with Crippen molar-refractivity contribution in [2.75, 3.05) is 11.8 Å². The Morgan fingerprint density at radius 1 is 1.23 bits per heavy atom. The van der Waals surface area contributed by atoms with Crippen molar-refractivity contribution < 1.29 is 13.2 Å². The minimum Gasteiger partial charge on any atom is -0.495 e. The van der Waals surface area contributed by atoms with Gasteiger partial charge >= 0.3 is 0 Å². The van der Waals surface area contributed by atoms with Gasteiger partial charge in [0.2, 0.25) is 0 Å². The van der Waals surface area contributed by atoms with Crippen LogP contribution in [0.15, 0.2) is 45.8 Å². The molecule has 0 radical (unpaired) electrons. The third-order valence-electron chi connectivity index (χ3n) is 2.96. The van der Waals surface area contributed by atoms with Crippen molar-refractivity contribution >= 4 is 31.6 Å². The molecule has 0 amide bonds. The number of nitrogens with zero attached hydrogens (tertiary/aromatic N) is 1. The second kappa shape index (κ2) is 6.38. The van der Waals surface area contributed by atoms with Crippen molar-refractivity contribution in [3.05, 3.63) is 52.0 Å². The number of halogens is 1. The number of anilines is 1. The SMILES string of the molecule is COc1ccc(Br)cc1S(=O)(=O)Nc1cc(C)ccc1C#N. The monoisotopic (exact) mass is 380 g/mol. The Kier molecular flexibility index (Phi) is 4.74. The average Bonchev–Trinajstić information content (AvgIpc) is 2.47. The van der Waals surface area contributed by atoms with Crippen molar-refractivity contribution in [3.63, 3.8) is 0 Å². The summed E-state index contributed by atoms with van der Waals surface area (Å²) < 4.78 is 33.3. The zero-order valence-corrected chi connectivity index (χ0v) is 14.3. The molecule has 0 heterocycles. The van der Waals surface area contributed by atoms with Crippen molar-refractivity contribution in [1.29, 1.82) is 5.26 Å². The zero-order valence-electron chi connectivity index (χ0n) is 11.9. The Bertz CT molecular complexity index is 858. The fraction of sp³-hybridized carbons (Fsp3) is 0.133. The summed E-state index contributed by atoms with van der Waals surface area (Å²) >= 11 is 3.24. The molecule has 2 aromatic carbocycles. The van der Waals surface area contributed by atoms with Crippen LogP contribution in [0.2, 0.25) is 0 Å². The van der Waals surface area contributed by atoms with Gasteiger partial charge in [-0.25, -0.2) is 8.42 Å². The molecule has 0 bridgehead atoms. The lowest BCUT2D eigenvalue weighted by Crippen LogP contribution is -2.15. The van der Waals surface area contributed by atoms with Gasteiger partial charge < -0.3 is 4.74 Å². The number of hydrogen-bond acceptors (Lipinski definition) is 4. The second-order valence-corrected chi connectivity index (χ2v) is 7.13. The van der Waals surface area contributed by atoms with Gasteiger partial charge in [-0.05, 0) is 42.8 Å². The van der Waals surface area contributed by atoms with Gasteiger partial charge in [-0.2, -0.15) is 5.26 Å². The van der Waals surface area contributed by atoms with Crippen molar-refractivity contribution in [2.24, 2.45) is 0 Å². The third-order valence-corrected chi connectivity index (χ3v) is 4.83. The van der Waals surface area contributed by atoms with E-state index in [1.807, 2.05) is 13.0 Å². The minimum atomic E-state index is -3.88. The number of ether oxygens (including phenoxy) is 1. The second-order valence-electron chi connectivity index (χ2n) is 4.56. The number of nitriles is 1. The predicted molar refractivity (Wildman–Crippen MR) is 87.4 cm³/mol. The van der Waals surface area contributed by atoms with E-state index in [0.29, 0.717) is 4.47 Å². The molecule has 22 heavy (non-hydrogen) atoms. The molecule has 0 spiro atoms. The van der Waals surface area contributed by atoms with Gasteiger partial charge in [0.05, 0.1) is 18.4 Å². The molecule has 0 saturated heterocycles. The Balaban J connectivity index is 2.52. The number of sulfonamides is 1. The van der Waals surface area contributed by atoms with Gasteiger partial charge in [0, 0.05) is 4.47 Å². The van der Waals surface area contributed by atoms with E-state index >= 15 is 0 Å². The Labute approximate surface area is 137 Å². The molecular weight excluding hydrogens is 368 g/mol. The lowest BCUT2D eigenvalue weighted by atomic mass is 10.1. The van der Waals surface area contributed by atoms with E-state index in [9.17, 15) is 8.42 Å². The van der Waals surface area contributed by atoms with Crippen LogP contribution < -0.4 is 9.46 Å². The van der Waals surface area contributed by atoms with E-state index in [0.717, 1.165) is 5.56 Å². The van der Waals surface area contributed by atoms with Crippen LogP contribution >= 0.6 is 15.9 Å². The van der Waals surface area contributed by atoms with Crippen molar-refractivity contribution in [1.82, 2.24) is 0 Å². The van der Waals surface area contributed by atoms with Gasteiger partial charge in [0.15, 0.2) is 0 Å². The van der Waals surface area contributed by atoms with E-state index < -0.39 is 10.0 Å². The van der Waals surface area contributed by atoms with E-state index in [1.54, 1.807) is 30.3 Å². The van der Waals surface area contributed by atoms with E-state index in [4.69, 9.17) is 10.00 Å². The molecule has 0 saturated carbocycles. The standard InChI is InChI=1S/C15H13BrN2O3S/c1-10-3-4-11(9-17)13(7-10)18-22(19,20)15-8-12(16)5-6-14(15)21-2/h3-8,18H,1-2H3. The van der Waals surface area contributed by atoms with Crippen molar-refractivity contribution in [2.45, 2.75) is 11.8 Å². The third kappa shape index (κ3) is 3.40. The molecule has 0 aliphatic carbocycles. The molecule has 0 aliphatic heterocycles. The summed E-state index contributed by atoms with van der Waals surface area (Å²) in [6.07, 6.45) is 0. The minimum absolute atomic E-state index is 0.00484. The van der Waals surface area contributed by atoms with Crippen LogP contribution in [0.3, 0.4) is 0 Å². The number of rotatable bonds is 4. The first-order chi connectivity index (χ1) is 10.4. The number of benzene rings is 2. The van der Waals surface area contributed by atoms with Crippen LogP contribution in [0.5, 0.6) is 5.75 Å². The Morgan fingerprint density at radius 3 is 2.59 bits per heavy atom. The lowest BCUT2D eigenvalue weighted by molar-refractivity contribution is 0.403. The predicted octanol–water partition coefficient (Wildman–Crippen LogP) is 3.44. The summed E-state index contributed by atoms with van der Waals surface area (Å²) in [6, 6.07) is 11.6. The highest BCUT2D eigenvalue weighted by molar-refractivity contribution is 9.10. The first kappa shape index (κ1) is 16.3. The van der Waals surface area contributed by atoms with Crippen molar-refractivity contribution in [3.8, 4) is 11.8 Å². The maximum Gasteiger partial charge on any atom is 0.265 e. The summed E-state index contributed by atoms with van der Waals surface area (Å²) in [5, 5.41) is 9.10. The molecule has 5 nitrogen and oxygen atoms in total. The number of aryl methyl sites for hydroxylation is 1. The highest BCUT2D eigenvalue weighted by Gasteiger charge is 2.21. The molecule has 0 unspecified atom stereocenters. The van der Waals surface area contributed by atoms with Crippen LogP contribution in [0.1, 0.15) is 11.1 Å². The molecule has 114 valence electrons. The first-order valence-corrected chi connectivity index (χ1v) is 8.52. The molecule has 2 rings (SSSR count). The van der Waals surface area contributed by atoms with Gasteiger partial charge in [-0.15, -0.1) is 0 Å². The van der Waals surface area contributed by atoms with E-state index in [2.05, 4.69) is 20.7 Å². The summed E-state index contributed by atoms with van der Waals surface area (Å²) in [5.74, 6) is 0.224. The summed E-state index contributed by atoms with van der Waals surface area (Å²) in [5.41, 5.74) is 1.34. The van der Waals surface area contributed by atoms with Gasteiger partial charge in [0.1, 0.15) is 16.7 Å². The smallest absolute Gasteiger partial charge is 0.265 e. The first-order valence-electron chi connectivity index (χ1n) is 6.24. The molecule has 0 fully saturated rings.